The minimum Gasteiger partial charge on any atom is -0.480 e. The molecule has 0 radical (unpaired) electrons. The van der Waals surface area contributed by atoms with Crippen LogP contribution in [-0.4, -0.2) is 54.6 Å². The Morgan fingerprint density at radius 3 is 2.45 bits per heavy atom. The smallest absolute Gasteiger partial charge is 0.326 e. The van der Waals surface area contributed by atoms with Gasteiger partial charge in [0.25, 0.3) is 0 Å². The summed E-state index contributed by atoms with van der Waals surface area (Å²) in [5.74, 6) is -1.73. The number of hydrogen-bond acceptors (Lipinski definition) is 4. The maximum Gasteiger partial charge on any atom is 0.326 e. The Bertz CT molecular complexity index is 1280. The van der Waals surface area contributed by atoms with Crippen LogP contribution in [-0.2, 0) is 26.0 Å². The van der Waals surface area contributed by atoms with Gasteiger partial charge in [0.05, 0.1) is 6.26 Å². The fraction of sp³-hybridized carbons (Fsp3) is 0.280. The second-order valence-corrected chi connectivity index (χ2v) is 10.3. The van der Waals surface area contributed by atoms with Crippen molar-refractivity contribution in [3.63, 3.8) is 0 Å². The van der Waals surface area contributed by atoms with Crippen LogP contribution in [0.15, 0.2) is 66.7 Å². The average molecular weight is 467 g/mol. The number of sulfonamides is 1. The van der Waals surface area contributed by atoms with Gasteiger partial charge >= 0.3 is 5.97 Å². The Labute approximate surface area is 193 Å². The molecule has 1 fully saturated rings. The molecule has 2 N–H and O–H groups in total. The normalized spacial score (nSPS) is 17.7. The highest BCUT2D eigenvalue weighted by Gasteiger charge is 2.37. The minimum atomic E-state index is -3.53. The van der Waals surface area contributed by atoms with Gasteiger partial charge in [-0.05, 0) is 40.3 Å². The van der Waals surface area contributed by atoms with E-state index in [2.05, 4.69) is 23.5 Å². The number of carboxylic acid groups (broad SMARTS) is 1. The number of nitrogens with zero attached hydrogens (tertiary/aromatic N) is 1. The second kappa shape index (κ2) is 9.33. The van der Waals surface area contributed by atoms with Crippen molar-refractivity contribution in [1.29, 1.82) is 0 Å². The van der Waals surface area contributed by atoms with Gasteiger partial charge in [-0.25, -0.2) is 13.2 Å². The molecule has 2 atom stereocenters. The molecule has 1 amide bonds. The molecule has 0 saturated carbocycles. The number of benzene rings is 3. The lowest BCUT2D eigenvalue weighted by atomic mass is 9.96. The summed E-state index contributed by atoms with van der Waals surface area (Å²) in [5.41, 5.74) is 2.86. The third kappa shape index (κ3) is 5.07. The quantitative estimate of drug-likeness (QED) is 0.557. The highest BCUT2D eigenvalue weighted by molar-refractivity contribution is 7.88. The summed E-state index contributed by atoms with van der Waals surface area (Å²) in [6, 6.07) is 19.8. The number of carboxylic acids is 1. The van der Waals surface area contributed by atoms with E-state index in [0.717, 1.165) is 38.0 Å². The molecule has 0 spiro atoms. The molecule has 4 rings (SSSR count). The van der Waals surface area contributed by atoms with Gasteiger partial charge < -0.3 is 10.4 Å². The third-order valence-corrected chi connectivity index (χ3v) is 7.33. The molecular formula is C25H26N2O5S. The van der Waals surface area contributed by atoms with E-state index in [1.54, 1.807) is 0 Å². The summed E-state index contributed by atoms with van der Waals surface area (Å²) in [4.78, 5) is 24.5. The van der Waals surface area contributed by atoms with E-state index in [1.165, 1.54) is 0 Å². The fourth-order valence-electron chi connectivity index (χ4n) is 4.40. The van der Waals surface area contributed by atoms with Crippen molar-refractivity contribution in [2.24, 2.45) is 0 Å². The van der Waals surface area contributed by atoms with Crippen LogP contribution in [0.25, 0.3) is 21.9 Å². The van der Waals surface area contributed by atoms with Crippen LogP contribution in [0.5, 0.6) is 0 Å². The SMILES string of the molecule is CS(=O)(=O)N1CCC[C@H]1C(=O)NC(Cc1ccc(-c2cccc3ccccc23)cc1)C(=O)O. The van der Waals surface area contributed by atoms with Crippen molar-refractivity contribution in [3.8, 4) is 11.1 Å². The molecule has 8 heteroatoms. The molecule has 0 bridgehead atoms. The average Bonchev–Trinajstić information content (AvgIpc) is 3.30. The number of amides is 1. The van der Waals surface area contributed by atoms with E-state index in [4.69, 9.17) is 0 Å². The van der Waals surface area contributed by atoms with Gasteiger partial charge in [0, 0.05) is 13.0 Å². The highest BCUT2D eigenvalue weighted by Crippen LogP contribution is 2.29. The molecule has 33 heavy (non-hydrogen) atoms. The molecule has 0 aliphatic carbocycles. The van der Waals surface area contributed by atoms with E-state index < -0.39 is 34.0 Å². The summed E-state index contributed by atoms with van der Waals surface area (Å²) >= 11 is 0. The van der Waals surface area contributed by atoms with Crippen molar-refractivity contribution >= 4 is 32.7 Å². The van der Waals surface area contributed by atoms with Crippen LogP contribution < -0.4 is 5.32 Å². The van der Waals surface area contributed by atoms with Crippen LogP contribution in [0.4, 0.5) is 0 Å². The molecule has 7 nitrogen and oxygen atoms in total. The Hall–Kier alpha value is -3.23. The molecule has 1 saturated heterocycles. The van der Waals surface area contributed by atoms with E-state index >= 15 is 0 Å². The van der Waals surface area contributed by atoms with Crippen LogP contribution in [0.3, 0.4) is 0 Å². The number of hydrogen-bond donors (Lipinski definition) is 2. The molecule has 1 unspecified atom stereocenters. The van der Waals surface area contributed by atoms with Gasteiger partial charge in [-0.1, -0.05) is 66.7 Å². The van der Waals surface area contributed by atoms with Crippen molar-refractivity contribution in [2.75, 3.05) is 12.8 Å². The van der Waals surface area contributed by atoms with Crippen molar-refractivity contribution in [3.05, 3.63) is 72.3 Å². The fourth-order valence-corrected chi connectivity index (χ4v) is 5.52. The van der Waals surface area contributed by atoms with Gasteiger partial charge in [0.1, 0.15) is 12.1 Å². The lowest BCUT2D eigenvalue weighted by molar-refractivity contribution is -0.142. The van der Waals surface area contributed by atoms with Gasteiger partial charge in [-0.15, -0.1) is 0 Å². The van der Waals surface area contributed by atoms with Crippen LogP contribution in [0, 0.1) is 0 Å². The van der Waals surface area contributed by atoms with Crippen molar-refractivity contribution in [2.45, 2.75) is 31.3 Å². The zero-order valence-electron chi connectivity index (χ0n) is 18.3. The Kier molecular flexibility index (Phi) is 6.49. The maximum absolute atomic E-state index is 12.7. The summed E-state index contributed by atoms with van der Waals surface area (Å²) in [5, 5.41) is 14.5. The molecule has 172 valence electrons. The standard InChI is InChI=1S/C25H26N2O5S/c1-33(31,32)27-15-5-10-23(27)24(28)26-22(25(29)30)16-17-11-13-19(14-12-17)21-9-4-7-18-6-2-3-8-20(18)21/h2-4,6-9,11-14,22-23H,5,10,15-16H2,1H3,(H,26,28)(H,29,30)/t22?,23-/m0/s1. The lowest BCUT2D eigenvalue weighted by Gasteiger charge is -2.23. The van der Waals surface area contributed by atoms with E-state index in [0.29, 0.717) is 12.8 Å². The first kappa shape index (κ1) is 22.9. The van der Waals surface area contributed by atoms with Crippen LogP contribution in [0.2, 0.25) is 0 Å². The molecule has 1 heterocycles. The third-order valence-electron chi connectivity index (χ3n) is 6.04. The first-order valence-corrected chi connectivity index (χ1v) is 12.7. The molecular weight excluding hydrogens is 440 g/mol. The van der Waals surface area contributed by atoms with Crippen LogP contribution >= 0.6 is 0 Å². The largest absolute Gasteiger partial charge is 0.480 e. The summed E-state index contributed by atoms with van der Waals surface area (Å²) in [7, 11) is -3.53. The highest BCUT2D eigenvalue weighted by atomic mass is 32.2. The summed E-state index contributed by atoms with van der Waals surface area (Å²) in [6.07, 6.45) is 2.11. The number of carbonyl (C=O) groups is 2. The van der Waals surface area contributed by atoms with Crippen LogP contribution in [0.1, 0.15) is 18.4 Å². The van der Waals surface area contributed by atoms with E-state index in [1.807, 2.05) is 48.5 Å². The lowest BCUT2D eigenvalue weighted by Crippen LogP contribution is -2.51. The zero-order chi connectivity index (χ0) is 23.6. The molecule has 3 aromatic rings. The predicted octanol–water partition coefficient (Wildman–Crippen LogP) is 3.04. The van der Waals surface area contributed by atoms with E-state index in [9.17, 15) is 23.1 Å². The molecule has 0 aromatic heterocycles. The summed E-state index contributed by atoms with van der Waals surface area (Å²) in [6.45, 7) is 0.268. The first-order valence-electron chi connectivity index (χ1n) is 10.8. The second-order valence-electron chi connectivity index (χ2n) is 8.36. The number of aliphatic carboxylic acids is 1. The zero-order valence-corrected chi connectivity index (χ0v) is 19.1. The maximum atomic E-state index is 12.7. The topological polar surface area (TPSA) is 104 Å². The number of fused-ring (bicyclic) bond motifs is 1. The Balaban J connectivity index is 1.49. The Morgan fingerprint density at radius 2 is 1.76 bits per heavy atom. The number of rotatable bonds is 7. The van der Waals surface area contributed by atoms with E-state index in [-0.39, 0.29) is 13.0 Å². The molecule has 1 aliphatic heterocycles. The monoisotopic (exact) mass is 466 g/mol. The van der Waals surface area contributed by atoms with Crippen molar-refractivity contribution in [1.82, 2.24) is 9.62 Å². The predicted molar refractivity (Wildman–Crippen MR) is 127 cm³/mol. The van der Waals surface area contributed by atoms with Crippen molar-refractivity contribution < 1.29 is 23.1 Å². The number of nitrogens with one attached hydrogen (secondary N) is 1. The molecule has 3 aromatic carbocycles. The molecule has 1 aliphatic rings. The van der Waals surface area contributed by atoms with Gasteiger partial charge in [0.2, 0.25) is 15.9 Å². The first-order chi connectivity index (χ1) is 15.7. The van der Waals surface area contributed by atoms with Gasteiger partial charge in [0.15, 0.2) is 0 Å². The Morgan fingerprint density at radius 1 is 1.06 bits per heavy atom. The van der Waals surface area contributed by atoms with Gasteiger partial charge in [-0.3, -0.25) is 4.79 Å². The number of carbonyl (C=O) groups excluding carboxylic acids is 1. The van der Waals surface area contributed by atoms with Gasteiger partial charge in [-0.2, -0.15) is 4.31 Å². The summed E-state index contributed by atoms with van der Waals surface area (Å²) < 4.78 is 25.0. The minimum absolute atomic E-state index is 0.0997.